The van der Waals surface area contributed by atoms with Crippen molar-refractivity contribution in [3.63, 3.8) is 0 Å². The number of rotatable bonds is 16. The van der Waals surface area contributed by atoms with E-state index in [1.165, 1.54) is 0 Å². The minimum atomic E-state index is -0.633. The van der Waals surface area contributed by atoms with Gasteiger partial charge in [-0.15, -0.1) is 0 Å². The van der Waals surface area contributed by atoms with E-state index in [4.69, 9.17) is 24.3 Å². The first-order chi connectivity index (χ1) is 31.6. The number of benzene rings is 2. The number of hydrogen-bond donors (Lipinski definition) is 4. The zero-order valence-electron chi connectivity index (χ0n) is 36.8. The van der Waals surface area contributed by atoms with Gasteiger partial charge in [0.05, 0.1) is 41.5 Å². The molecular weight excluding hydrogens is 829 g/mol. The van der Waals surface area contributed by atoms with Crippen molar-refractivity contribution < 1.29 is 28.4 Å². The number of unbranched alkanes of at least 4 members (excludes halogenated alkanes) is 1. The highest BCUT2D eigenvalue weighted by Gasteiger charge is 2.39. The molecular formula is C47H50N12O6. The van der Waals surface area contributed by atoms with Crippen LogP contribution in [0.1, 0.15) is 106 Å². The molecule has 7 aromatic rings. The zero-order valence-corrected chi connectivity index (χ0v) is 36.8. The smallest absolute Gasteiger partial charge is 0.289 e. The number of carbonyl (C=O) groups is 4. The third kappa shape index (κ3) is 7.97. The molecule has 4 N–H and O–H groups in total. The number of nitrogens with one attached hydrogen (secondary N) is 4. The maximum absolute atomic E-state index is 13.8. The lowest BCUT2D eigenvalue weighted by Crippen LogP contribution is -2.52. The van der Waals surface area contributed by atoms with Crippen molar-refractivity contribution in [1.29, 1.82) is 0 Å². The van der Waals surface area contributed by atoms with Crippen LogP contribution in [0, 0.1) is 13.8 Å². The van der Waals surface area contributed by atoms with Crippen LogP contribution < -0.4 is 20.7 Å². The highest BCUT2D eigenvalue weighted by atomic mass is 16.5. The van der Waals surface area contributed by atoms with Crippen molar-refractivity contribution in [2.45, 2.75) is 104 Å². The Balaban J connectivity index is 0.808. The Morgan fingerprint density at radius 3 is 2.66 bits per heavy atom. The third-order valence-corrected chi connectivity index (χ3v) is 12.8. The minimum absolute atomic E-state index is 0.0112. The van der Waals surface area contributed by atoms with Gasteiger partial charge in [-0.3, -0.25) is 24.5 Å². The molecule has 2 aliphatic heterocycles. The highest BCUT2D eigenvalue weighted by molar-refractivity contribution is 6.14. The summed E-state index contributed by atoms with van der Waals surface area (Å²) in [4.78, 5) is 70.5. The van der Waals surface area contributed by atoms with Crippen LogP contribution in [0.2, 0.25) is 0 Å². The fourth-order valence-electron chi connectivity index (χ4n) is 9.26. The molecule has 334 valence electrons. The van der Waals surface area contributed by atoms with Crippen molar-refractivity contribution in [2.75, 3.05) is 19.0 Å². The average Bonchev–Trinajstić information content (AvgIpc) is 3.55. The summed E-state index contributed by atoms with van der Waals surface area (Å²) in [5.74, 6) is 1.74. The topological polar surface area (TPSA) is 220 Å². The Kier molecular flexibility index (Phi) is 10.9. The van der Waals surface area contributed by atoms with Gasteiger partial charge >= 0.3 is 0 Å². The fourth-order valence-corrected chi connectivity index (χ4v) is 9.26. The van der Waals surface area contributed by atoms with Crippen LogP contribution >= 0.6 is 0 Å². The van der Waals surface area contributed by atoms with Crippen molar-refractivity contribution in [3.8, 4) is 16.9 Å². The molecule has 10 rings (SSSR count). The molecule has 1 aliphatic carbocycles. The Labute approximate surface area is 373 Å². The number of nitrogens with zero attached hydrogens (tertiary/aromatic N) is 8. The standard InChI is InChI=1S/C47H50N12O6/c1-5-59-38(21-34(55-59)28-12-13-28)51-43-41-31-20-37(64-4)32(40-25(2)56-65-26(40)3)19-35(31)50-42(41)53-44(54-43)46(62)48-17-16-29-22-57(24-49-29)18-7-6-9-27-10-8-11-30-33(27)23-58(47(30)63)36-14-15-39(60)52-45(36)61/h8,10-11,19-22,24,28,36H,5-7,9,12-18,23H2,1-4H3,(H,48,62)(H,52,60,61)(H2,50,51,53,54). The number of ether oxygens (including phenoxy) is 1. The number of aromatic amines is 1. The summed E-state index contributed by atoms with van der Waals surface area (Å²) in [5.41, 5.74) is 8.26. The Bertz CT molecular complexity index is 3010. The second-order valence-electron chi connectivity index (χ2n) is 17.1. The molecule has 18 heteroatoms. The van der Waals surface area contributed by atoms with Crippen molar-refractivity contribution in [3.05, 3.63) is 94.3 Å². The van der Waals surface area contributed by atoms with Gasteiger partial charge < -0.3 is 34.3 Å². The molecule has 7 heterocycles. The number of aryl methyl sites for hydroxylation is 5. The second-order valence-corrected chi connectivity index (χ2v) is 17.1. The number of methoxy groups -OCH3 is 1. The van der Waals surface area contributed by atoms with E-state index in [-0.39, 0.29) is 24.1 Å². The lowest BCUT2D eigenvalue weighted by Gasteiger charge is -2.29. The number of carbonyl (C=O) groups excluding carboxylic acids is 4. The third-order valence-electron chi connectivity index (χ3n) is 12.8. The molecule has 1 unspecified atom stereocenters. The fraction of sp³-hybridized carbons (Fsp3) is 0.383. The number of imidazole rings is 1. The monoisotopic (exact) mass is 878 g/mol. The van der Waals surface area contributed by atoms with E-state index >= 15 is 0 Å². The molecule has 1 saturated carbocycles. The molecule has 2 aromatic carbocycles. The Morgan fingerprint density at radius 1 is 1.03 bits per heavy atom. The average molecular weight is 879 g/mol. The van der Waals surface area contributed by atoms with Crippen LogP contribution in [-0.2, 0) is 42.1 Å². The van der Waals surface area contributed by atoms with E-state index in [9.17, 15) is 19.2 Å². The first-order valence-electron chi connectivity index (χ1n) is 22.3. The summed E-state index contributed by atoms with van der Waals surface area (Å²) in [6, 6.07) is 11.1. The van der Waals surface area contributed by atoms with Gasteiger partial charge in [-0.1, -0.05) is 17.3 Å². The van der Waals surface area contributed by atoms with Crippen molar-refractivity contribution >= 4 is 57.2 Å². The number of hydrogen-bond acceptors (Lipinski definition) is 12. The molecule has 65 heavy (non-hydrogen) atoms. The van der Waals surface area contributed by atoms with E-state index in [2.05, 4.69) is 37.1 Å². The normalized spacial score (nSPS) is 16.2. The number of aromatic nitrogens is 8. The lowest BCUT2D eigenvalue weighted by atomic mass is 9.99. The van der Waals surface area contributed by atoms with Crippen LogP contribution in [0.5, 0.6) is 5.75 Å². The number of piperidine rings is 1. The van der Waals surface area contributed by atoms with Gasteiger partial charge in [0.1, 0.15) is 34.8 Å². The first kappa shape index (κ1) is 41.6. The largest absolute Gasteiger partial charge is 0.496 e. The highest BCUT2D eigenvalue weighted by Crippen LogP contribution is 2.43. The van der Waals surface area contributed by atoms with E-state index in [1.807, 2.05) is 66.5 Å². The van der Waals surface area contributed by atoms with Crippen LogP contribution in [-0.4, -0.2) is 87.7 Å². The Hall–Kier alpha value is -7.37. The molecule has 0 spiro atoms. The molecule has 18 nitrogen and oxygen atoms in total. The number of H-pyrrole nitrogens is 1. The van der Waals surface area contributed by atoms with Crippen LogP contribution in [0.4, 0.5) is 11.6 Å². The maximum Gasteiger partial charge on any atom is 0.289 e. The van der Waals surface area contributed by atoms with E-state index in [0.29, 0.717) is 72.3 Å². The molecule has 1 saturated heterocycles. The maximum atomic E-state index is 13.8. The number of amides is 4. The van der Waals surface area contributed by atoms with E-state index < -0.39 is 17.9 Å². The van der Waals surface area contributed by atoms with Crippen molar-refractivity contribution in [2.24, 2.45) is 0 Å². The summed E-state index contributed by atoms with van der Waals surface area (Å²) in [7, 11) is 1.63. The molecule has 0 radical (unpaired) electrons. The minimum Gasteiger partial charge on any atom is -0.496 e. The predicted molar refractivity (Wildman–Crippen MR) is 240 cm³/mol. The predicted octanol–water partition coefficient (Wildman–Crippen LogP) is 6.18. The first-order valence-corrected chi connectivity index (χ1v) is 22.3. The van der Waals surface area contributed by atoms with Crippen LogP contribution in [0.15, 0.2) is 53.4 Å². The van der Waals surface area contributed by atoms with Gasteiger partial charge in [0.25, 0.3) is 11.8 Å². The molecule has 5 aromatic heterocycles. The summed E-state index contributed by atoms with van der Waals surface area (Å²) < 4.78 is 15.4. The van der Waals surface area contributed by atoms with Gasteiger partial charge in [0, 0.05) is 79.2 Å². The second kappa shape index (κ2) is 17.0. The number of imide groups is 1. The summed E-state index contributed by atoms with van der Waals surface area (Å²) >= 11 is 0. The van der Waals surface area contributed by atoms with E-state index in [1.54, 1.807) is 18.3 Å². The molecule has 4 amide bonds. The molecule has 2 fully saturated rings. The molecule has 1 atom stereocenters. The summed E-state index contributed by atoms with van der Waals surface area (Å²) in [6.45, 7) is 7.92. The van der Waals surface area contributed by atoms with E-state index in [0.717, 1.165) is 94.7 Å². The number of anilines is 2. The summed E-state index contributed by atoms with van der Waals surface area (Å²) in [5, 5.41) is 19.4. The number of fused-ring (bicyclic) bond motifs is 4. The molecule has 3 aliphatic rings. The van der Waals surface area contributed by atoms with Crippen molar-refractivity contribution in [1.82, 2.24) is 55.0 Å². The van der Waals surface area contributed by atoms with Gasteiger partial charge in [0.2, 0.25) is 17.6 Å². The van der Waals surface area contributed by atoms with Crippen LogP contribution in [0.25, 0.3) is 33.1 Å². The zero-order chi connectivity index (χ0) is 44.9. The van der Waals surface area contributed by atoms with Gasteiger partial charge in [0.15, 0.2) is 0 Å². The van der Waals surface area contributed by atoms with Gasteiger partial charge in [-0.2, -0.15) is 5.10 Å². The van der Waals surface area contributed by atoms with Gasteiger partial charge in [-0.05, 0) is 88.6 Å². The Morgan fingerprint density at radius 2 is 1.89 bits per heavy atom. The van der Waals surface area contributed by atoms with Crippen LogP contribution in [0.3, 0.4) is 0 Å². The lowest BCUT2D eigenvalue weighted by molar-refractivity contribution is -0.136. The molecule has 0 bridgehead atoms. The van der Waals surface area contributed by atoms with Gasteiger partial charge in [-0.25, -0.2) is 19.6 Å². The quantitative estimate of drug-likeness (QED) is 0.0632. The summed E-state index contributed by atoms with van der Waals surface area (Å²) in [6.07, 6.45) is 9.69. The SMILES string of the molecule is CCn1nc(C2CC2)cc1Nc1nc(C(=O)NCCc2cn(CCCCc3cccc4c3CN(C3CCC(=O)NC3=O)C4=O)cn2)nc2[nH]c3cc(-c4c(C)noc4C)c(OC)cc3c12.